The molecule has 0 bridgehead atoms. The molecule has 0 radical (unpaired) electrons. The highest BCUT2D eigenvalue weighted by Gasteiger charge is 2.86. The van der Waals surface area contributed by atoms with Crippen LogP contribution in [0.5, 0.6) is 0 Å². The van der Waals surface area contributed by atoms with E-state index in [9.17, 15) is 33.6 Å². The molecule has 3 heterocycles. The smallest absolute Gasteiger partial charge is 0.328 e. The van der Waals surface area contributed by atoms with Crippen LogP contribution in [0.25, 0.3) is 0 Å². The van der Waals surface area contributed by atoms with Crippen LogP contribution in [0.4, 0.5) is 0 Å². The summed E-state index contributed by atoms with van der Waals surface area (Å²) in [5.41, 5.74) is 5.57. The van der Waals surface area contributed by atoms with Crippen molar-refractivity contribution in [2.24, 2.45) is 60.9 Å². The van der Waals surface area contributed by atoms with Crippen LogP contribution in [0, 0.1) is 55.2 Å². The van der Waals surface area contributed by atoms with Crippen molar-refractivity contribution in [1.29, 1.82) is 0 Å². The number of hydrogen-bond acceptors (Lipinski definition) is 11. The minimum absolute atomic E-state index is 0.0260. The topological polar surface area (TPSA) is 210 Å². The van der Waals surface area contributed by atoms with Gasteiger partial charge < -0.3 is 41.0 Å². The molecule has 6 saturated carbocycles. The molecule has 5 amide bonds. The molecule has 16 nitrogen and oxygen atoms in total. The number of nitrogens with two attached hydrogens (primary N) is 1. The summed E-state index contributed by atoms with van der Waals surface area (Å²) >= 11 is 0. The number of likely N-dealkylation sites (tertiary alicyclic amines) is 3. The summed E-state index contributed by atoms with van der Waals surface area (Å²) < 4.78 is 10.4. The molecule has 9 rings (SSSR count). The fourth-order valence-electron chi connectivity index (χ4n) is 18.1. The lowest BCUT2D eigenvalue weighted by Crippen LogP contribution is -2.62. The summed E-state index contributed by atoms with van der Waals surface area (Å²) in [6.07, 6.45) is 21.3. The maximum atomic E-state index is 14.6. The second-order valence-corrected chi connectivity index (χ2v) is 30.0. The number of nitrogens with one attached hydrogen (secondary N) is 3. The molecule has 446 valence electrons. The van der Waals surface area contributed by atoms with Crippen molar-refractivity contribution >= 4 is 41.5 Å². The van der Waals surface area contributed by atoms with Gasteiger partial charge in [0.1, 0.15) is 30.2 Å². The van der Waals surface area contributed by atoms with Crippen molar-refractivity contribution in [1.82, 2.24) is 30.7 Å². The summed E-state index contributed by atoms with van der Waals surface area (Å²) in [6.45, 7) is 27.1. The minimum atomic E-state index is -0.851. The quantitative estimate of drug-likeness (QED) is 0.129. The van der Waals surface area contributed by atoms with Crippen molar-refractivity contribution < 1.29 is 43.0 Å². The molecule has 0 aromatic rings. The highest BCUT2D eigenvalue weighted by molar-refractivity contribution is 5.96. The Morgan fingerprint density at radius 2 is 0.924 bits per heavy atom. The number of nitrogens with zero attached hydrogens (tertiary/aromatic N) is 3. The van der Waals surface area contributed by atoms with Gasteiger partial charge in [0.25, 0.3) is 0 Å². The van der Waals surface area contributed by atoms with Crippen molar-refractivity contribution in [3.63, 3.8) is 0 Å². The number of esters is 2. The maximum Gasteiger partial charge on any atom is 0.328 e. The normalized spacial score (nSPS) is 31.2. The Hall–Kier alpha value is -3.79. The van der Waals surface area contributed by atoms with E-state index >= 15 is 0 Å². The largest absolute Gasteiger partial charge is 0.467 e. The van der Waals surface area contributed by atoms with Crippen molar-refractivity contribution in [3.05, 3.63) is 0 Å². The van der Waals surface area contributed by atoms with Gasteiger partial charge in [0.2, 0.25) is 29.5 Å². The van der Waals surface area contributed by atoms with E-state index in [1.165, 1.54) is 33.5 Å². The minimum Gasteiger partial charge on any atom is -0.467 e. The zero-order valence-electron chi connectivity index (χ0n) is 51.3. The number of amides is 5. The van der Waals surface area contributed by atoms with Gasteiger partial charge in [-0.1, -0.05) is 127 Å². The van der Waals surface area contributed by atoms with Crippen molar-refractivity contribution in [2.75, 3.05) is 33.9 Å². The third-order valence-electron chi connectivity index (χ3n) is 23.6. The fourth-order valence-corrected chi connectivity index (χ4v) is 18.1. The molecule has 79 heavy (non-hydrogen) atoms. The number of carbonyl (C=O) groups is 7. The molecular weight excluding hydrogens is 999 g/mol. The number of piperidine rings is 1. The molecule has 16 heteroatoms. The molecule has 3 aliphatic heterocycles. The predicted molar refractivity (Wildman–Crippen MR) is 305 cm³/mol. The summed E-state index contributed by atoms with van der Waals surface area (Å²) in [7, 11) is 2.78. The molecule has 9 fully saturated rings. The van der Waals surface area contributed by atoms with E-state index in [2.05, 4.69) is 62.4 Å². The predicted octanol–water partition coefficient (Wildman–Crippen LogP) is 8.21. The Balaban J connectivity index is 0.000000216. The average Bonchev–Trinajstić information content (AvgIpc) is 3.96. The Kier molecular flexibility index (Phi) is 17.4. The van der Waals surface area contributed by atoms with E-state index in [0.29, 0.717) is 25.9 Å². The van der Waals surface area contributed by atoms with E-state index in [1.54, 1.807) is 9.80 Å². The molecule has 0 aromatic heterocycles. The lowest BCUT2D eigenvalue weighted by Gasteiger charge is -2.40. The van der Waals surface area contributed by atoms with Gasteiger partial charge in [0.05, 0.1) is 26.3 Å². The summed E-state index contributed by atoms with van der Waals surface area (Å²) in [5.74, 6) is -1.61. The van der Waals surface area contributed by atoms with Crippen LogP contribution in [0.1, 0.15) is 218 Å². The van der Waals surface area contributed by atoms with Gasteiger partial charge in [-0.05, 0) is 142 Å². The van der Waals surface area contributed by atoms with Crippen LogP contribution < -0.4 is 21.7 Å². The van der Waals surface area contributed by atoms with Gasteiger partial charge in [0.15, 0.2) is 0 Å². The molecule has 3 saturated heterocycles. The van der Waals surface area contributed by atoms with Crippen LogP contribution in [-0.4, -0.2) is 138 Å². The fraction of sp³-hybridized carbons (Fsp3) is 0.889. The Labute approximate surface area is 474 Å². The second-order valence-electron chi connectivity index (χ2n) is 30.0. The molecule has 4 spiro atoms. The van der Waals surface area contributed by atoms with Crippen LogP contribution in [0.3, 0.4) is 0 Å². The first-order valence-electron chi connectivity index (χ1n) is 31.1. The highest BCUT2D eigenvalue weighted by Crippen LogP contribution is 2.89. The maximum absolute atomic E-state index is 14.6. The lowest BCUT2D eigenvalue weighted by molar-refractivity contribution is -0.153. The van der Waals surface area contributed by atoms with Gasteiger partial charge in [-0.2, -0.15) is 0 Å². The van der Waals surface area contributed by atoms with Crippen molar-refractivity contribution in [3.8, 4) is 0 Å². The zero-order chi connectivity index (χ0) is 58.1. The first-order chi connectivity index (χ1) is 36.9. The third kappa shape index (κ3) is 10.4. The standard InChI is InChI=1S/C36H60N4O5.C27H45N3O4/c1-23(2)39-20-13-12-17-25(39)29(41)37-27(24-15-10-9-11-16-24)30(42)38-28(33(3,4)5)31(43)40-22-36(21-26(40)32(44)45-8)34(6,7)35(36)18-14-19-35;1-24(2,3)20(29-21(31)19(28)17-11-8-7-9-12-17)22(32)30-16-27(15-18(30)23(33)34-6)25(4,5)26(27)13-10-14-26/h23-28H,9-22H2,1-8H3,(H,37,41)(H,38,42);17-20H,7-16,28H2,1-6H3,(H,29,31)/t25-,26-,27-,28+,36+;18-,19-,20+,27+/m00/s1. The van der Waals surface area contributed by atoms with Gasteiger partial charge in [-0.25, -0.2) is 9.59 Å². The van der Waals surface area contributed by atoms with Gasteiger partial charge in [-0.3, -0.25) is 28.9 Å². The molecule has 5 N–H and O–H groups in total. The molecular formula is C63H105N7O9. The number of hydrogen-bond donors (Lipinski definition) is 4. The molecule has 6 aliphatic carbocycles. The highest BCUT2D eigenvalue weighted by atomic mass is 16.5. The Morgan fingerprint density at radius 1 is 0.519 bits per heavy atom. The number of carbonyl (C=O) groups excluding carboxylic acids is 7. The van der Waals surface area contributed by atoms with E-state index in [-0.39, 0.29) is 97.9 Å². The van der Waals surface area contributed by atoms with Crippen LogP contribution in [-0.2, 0) is 43.0 Å². The summed E-state index contributed by atoms with van der Waals surface area (Å²) in [5, 5.41) is 9.39. The van der Waals surface area contributed by atoms with E-state index in [1.807, 2.05) is 41.5 Å². The number of rotatable bonds is 13. The van der Waals surface area contributed by atoms with Crippen LogP contribution in [0.15, 0.2) is 0 Å². The zero-order valence-corrected chi connectivity index (χ0v) is 51.3. The second kappa shape index (κ2) is 22.4. The third-order valence-corrected chi connectivity index (χ3v) is 23.6. The average molecular weight is 1100 g/mol. The summed E-state index contributed by atoms with van der Waals surface area (Å²) in [4.78, 5) is 102. The molecule has 9 aliphatic rings. The van der Waals surface area contributed by atoms with E-state index < -0.39 is 47.1 Å². The van der Waals surface area contributed by atoms with Gasteiger partial charge in [0, 0.05) is 30.0 Å². The number of fused-ring (bicyclic) bond motifs is 2. The van der Waals surface area contributed by atoms with Crippen molar-refractivity contribution in [2.45, 2.75) is 266 Å². The SMILES string of the molecule is COC(=O)[C@@H]1C[C@@]2(CN1C(=O)[C@@H](NC(=O)[C@@H](N)C1CCCCC1)C(C)(C)C)C(C)(C)C21CCC1.COC(=O)[C@@H]1C[C@@]2(CN1C(=O)[C@@H](NC(=O)[C@@H](NC(=O)[C@@H]1CCCCN1C(C)C)C1CCCCC1)C(C)(C)C)C(C)(C)C21CCC1. The summed E-state index contributed by atoms with van der Waals surface area (Å²) in [6, 6.07) is -4.19. The van der Waals surface area contributed by atoms with Crippen LogP contribution >= 0.6 is 0 Å². The Morgan fingerprint density at radius 3 is 1.29 bits per heavy atom. The molecule has 9 atom stereocenters. The number of ether oxygens (including phenoxy) is 2. The van der Waals surface area contributed by atoms with Gasteiger partial charge in [-0.15, -0.1) is 0 Å². The van der Waals surface area contributed by atoms with E-state index in [4.69, 9.17) is 15.2 Å². The molecule has 0 unspecified atom stereocenters. The van der Waals surface area contributed by atoms with Gasteiger partial charge >= 0.3 is 11.9 Å². The van der Waals surface area contributed by atoms with Crippen LogP contribution in [0.2, 0.25) is 0 Å². The lowest BCUT2D eigenvalue weighted by atomic mass is 9.73. The molecule has 0 aromatic carbocycles. The van der Waals surface area contributed by atoms with E-state index in [0.717, 1.165) is 109 Å². The number of methoxy groups -OCH3 is 2. The first-order valence-corrected chi connectivity index (χ1v) is 31.1. The Bertz CT molecular complexity index is 2300. The first kappa shape index (κ1) is 61.3. The monoisotopic (exact) mass is 1100 g/mol.